The van der Waals surface area contributed by atoms with E-state index in [1.807, 2.05) is 24.0 Å². The summed E-state index contributed by atoms with van der Waals surface area (Å²) >= 11 is 3.40. The molecule has 1 aromatic rings. The predicted molar refractivity (Wildman–Crippen MR) is 69.7 cm³/mol. The van der Waals surface area contributed by atoms with Gasteiger partial charge >= 0.3 is 0 Å². The molecular weight excluding hydrogens is 290 g/mol. The number of hydrogen-bond acceptors (Lipinski definition) is 2. The number of anilines is 2. The van der Waals surface area contributed by atoms with Gasteiger partial charge in [0.2, 0.25) is 0 Å². The van der Waals surface area contributed by atoms with Crippen LogP contribution in [0.25, 0.3) is 0 Å². The molecule has 1 aliphatic heterocycles. The number of nitrogens with two attached hydrogens (primary N) is 1. The average molecular weight is 305 g/mol. The van der Waals surface area contributed by atoms with Crippen LogP contribution in [0.15, 0.2) is 16.6 Å². The van der Waals surface area contributed by atoms with Crippen LogP contribution in [0.2, 0.25) is 0 Å². The summed E-state index contributed by atoms with van der Waals surface area (Å²) in [6, 6.07) is 3.80. The molecule has 1 saturated heterocycles. The van der Waals surface area contributed by atoms with Gasteiger partial charge in [0, 0.05) is 30.4 Å². The zero-order valence-corrected chi connectivity index (χ0v) is 11.2. The Balaban J connectivity index is 2.22. The van der Waals surface area contributed by atoms with Gasteiger partial charge in [0.05, 0.1) is 11.4 Å². The lowest BCUT2D eigenvalue weighted by Crippen LogP contribution is -2.39. The summed E-state index contributed by atoms with van der Waals surface area (Å²) in [4.78, 5) is 1.94. The quantitative estimate of drug-likeness (QED) is 0.804. The van der Waals surface area contributed by atoms with E-state index >= 15 is 0 Å². The summed E-state index contributed by atoms with van der Waals surface area (Å²) in [5.74, 6) is -2.52. The molecule has 1 heterocycles. The van der Waals surface area contributed by atoms with Crippen LogP contribution in [0, 0.1) is 6.92 Å². The van der Waals surface area contributed by atoms with E-state index in [1.54, 1.807) is 0 Å². The molecule has 2 rings (SSSR count). The van der Waals surface area contributed by atoms with Crippen LogP contribution in [-0.2, 0) is 0 Å². The van der Waals surface area contributed by atoms with Crippen molar-refractivity contribution in [3.8, 4) is 0 Å². The third-order valence-electron chi connectivity index (χ3n) is 3.26. The summed E-state index contributed by atoms with van der Waals surface area (Å²) in [6.45, 7) is 2.64. The van der Waals surface area contributed by atoms with Crippen molar-refractivity contribution in [2.24, 2.45) is 0 Å². The normalized spacial score (nSPS) is 19.4. The third kappa shape index (κ3) is 2.54. The van der Waals surface area contributed by atoms with Gasteiger partial charge in [-0.3, -0.25) is 0 Å². The fourth-order valence-corrected chi connectivity index (χ4v) is 2.38. The molecule has 17 heavy (non-hydrogen) atoms. The summed E-state index contributed by atoms with van der Waals surface area (Å²) in [7, 11) is 0. The molecule has 5 heteroatoms. The molecule has 0 saturated carbocycles. The Hall–Kier alpha value is -0.840. The molecule has 0 radical (unpaired) electrons. The summed E-state index contributed by atoms with van der Waals surface area (Å²) in [5, 5.41) is 0. The highest BCUT2D eigenvalue weighted by Crippen LogP contribution is 2.36. The molecule has 2 N–H and O–H groups in total. The second kappa shape index (κ2) is 4.44. The Labute approximate surface area is 108 Å². The Kier molecular flexibility index (Phi) is 3.30. The highest BCUT2D eigenvalue weighted by Gasteiger charge is 2.34. The molecule has 0 aliphatic carbocycles. The number of halogens is 3. The molecule has 0 amide bonds. The van der Waals surface area contributed by atoms with Crippen LogP contribution in [0.5, 0.6) is 0 Å². The molecule has 1 fully saturated rings. The standard InChI is InChI=1S/C12H15BrF2N2/c1-8-9(13)2-3-10(11(8)16)17-6-4-12(14,15)5-7-17/h2-3H,4-7,16H2,1H3. The van der Waals surface area contributed by atoms with Crippen LogP contribution < -0.4 is 10.6 Å². The Bertz CT molecular complexity index is 425. The van der Waals surface area contributed by atoms with Gasteiger partial charge in [-0.15, -0.1) is 0 Å². The summed E-state index contributed by atoms with van der Waals surface area (Å²) in [6.07, 6.45) is -0.191. The first-order chi connectivity index (χ1) is 7.91. The van der Waals surface area contributed by atoms with Gasteiger partial charge < -0.3 is 10.6 Å². The summed E-state index contributed by atoms with van der Waals surface area (Å²) in [5.41, 5.74) is 8.51. The second-order valence-electron chi connectivity index (χ2n) is 4.45. The van der Waals surface area contributed by atoms with E-state index in [-0.39, 0.29) is 12.8 Å². The minimum Gasteiger partial charge on any atom is -0.397 e. The van der Waals surface area contributed by atoms with E-state index in [0.29, 0.717) is 18.8 Å². The first-order valence-corrected chi connectivity index (χ1v) is 6.37. The van der Waals surface area contributed by atoms with E-state index in [9.17, 15) is 8.78 Å². The number of rotatable bonds is 1. The van der Waals surface area contributed by atoms with Crippen molar-refractivity contribution >= 4 is 27.3 Å². The highest BCUT2D eigenvalue weighted by atomic mass is 79.9. The first-order valence-electron chi connectivity index (χ1n) is 5.58. The van der Waals surface area contributed by atoms with Crippen LogP contribution in [0.1, 0.15) is 18.4 Å². The molecule has 0 bridgehead atoms. The smallest absolute Gasteiger partial charge is 0.251 e. The molecule has 0 aromatic heterocycles. The van der Waals surface area contributed by atoms with Crippen LogP contribution in [0.4, 0.5) is 20.2 Å². The fourth-order valence-electron chi connectivity index (χ4n) is 2.04. The number of piperidine rings is 1. The number of hydrogen-bond donors (Lipinski definition) is 1. The Morgan fingerprint density at radius 3 is 2.47 bits per heavy atom. The van der Waals surface area contributed by atoms with E-state index in [2.05, 4.69) is 15.9 Å². The van der Waals surface area contributed by atoms with Crippen molar-refractivity contribution in [1.29, 1.82) is 0 Å². The molecule has 94 valence electrons. The average Bonchev–Trinajstić information content (AvgIpc) is 2.27. The van der Waals surface area contributed by atoms with Gasteiger partial charge in [0.25, 0.3) is 5.92 Å². The zero-order valence-electron chi connectivity index (χ0n) is 9.64. The molecule has 1 aromatic carbocycles. The second-order valence-corrected chi connectivity index (χ2v) is 5.30. The molecule has 0 unspecified atom stereocenters. The lowest BCUT2D eigenvalue weighted by atomic mass is 10.0. The summed E-state index contributed by atoms with van der Waals surface area (Å²) < 4.78 is 27.1. The van der Waals surface area contributed by atoms with Gasteiger partial charge in [-0.1, -0.05) is 15.9 Å². The van der Waals surface area contributed by atoms with Crippen molar-refractivity contribution in [2.75, 3.05) is 23.7 Å². The lowest BCUT2D eigenvalue weighted by molar-refractivity contribution is -0.0220. The maximum Gasteiger partial charge on any atom is 0.251 e. The van der Waals surface area contributed by atoms with Crippen LogP contribution in [0.3, 0.4) is 0 Å². The van der Waals surface area contributed by atoms with Gasteiger partial charge in [0.15, 0.2) is 0 Å². The fraction of sp³-hybridized carbons (Fsp3) is 0.500. The van der Waals surface area contributed by atoms with Gasteiger partial charge in [0.1, 0.15) is 0 Å². The Morgan fingerprint density at radius 1 is 1.29 bits per heavy atom. The third-order valence-corrected chi connectivity index (χ3v) is 4.12. The van der Waals surface area contributed by atoms with Crippen molar-refractivity contribution in [2.45, 2.75) is 25.7 Å². The van der Waals surface area contributed by atoms with Crippen LogP contribution in [-0.4, -0.2) is 19.0 Å². The van der Waals surface area contributed by atoms with Crippen molar-refractivity contribution in [3.05, 3.63) is 22.2 Å². The van der Waals surface area contributed by atoms with Gasteiger partial charge in [-0.25, -0.2) is 8.78 Å². The topological polar surface area (TPSA) is 29.3 Å². The predicted octanol–water partition coefficient (Wildman–Crippen LogP) is 3.58. The number of nitrogens with zero attached hydrogens (tertiary/aromatic N) is 1. The lowest BCUT2D eigenvalue weighted by Gasteiger charge is -2.34. The minimum absolute atomic E-state index is 0.0957. The first kappa shape index (κ1) is 12.6. The van der Waals surface area contributed by atoms with Crippen molar-refractivity contribution in [3.63, 3.8) is 0 Å². The SMILES string of the molecule is Cc1c(Br)ccc(N2CCC(F)(F)CC2)c1N. The van der Waals surface area contributed by atoms with Crippen molar-refractivity contribution < 1.29 is 8.78 Å². The maximum absolute atomic E-state index is 13.1. The minimum atomic E-state index is -2.52. The largest absolute Gasteiger partial charge is 0.397 e. The Morgan fingerprint density at radius 2 is 1.88 bits per heavy atom. The monoisotopic (exact) mass is 304 g/mol. The zero-order chi connectivity index (χ0) is 12.6. The van der Waals surface area contributed by atoms with E-state index in [1.165, 1.54) is 0 Å². The van der Waals surface area contributed by atoms with E-state index in [4.69, 9.17) is 5.73 Å². The molecule has 0 atom stereocenters. The maximum atomic E-state index is 13.1. The number of alkyl halides is 2. The van der Waals surface area contributed by atoms with Gasteiger partial charge in [-0.2, -0.15) is 0 Å². The number of nitrogen functional groups attached to an aromatic ring is 1. The molecular formula is C12H15BrF2N2. The molecule has 0 spiro atoms. The molecule has 2 nitrogen and oxygen atoms in total. The van der Waals surface area contributed by atoms with E-state index in [0.717, 1.165) is 15.7 Å². The van der Waals surface area contributed by atoms with Crippen LogP contribution >= 0.6 is 15.9 Å². The molecule has 1 aliphatic rings. The number of benzene rings is 1. The van der Waals surface area contributed by atoms with Crippen molar-refractivity contribution in [1.82, 2.24) is 0 Å². The van der Waals surface area contributed by atoms with E-state index < -0.39 is 5.92 Å². The highest BCUT2D eigenvalue weighted by molar-refractivity contribution is 9.10. The van der Waals surface area contributed by atoms with Gasteiger partial charge in [-0.05, 0) is 24.6 Å².